The van der Waals surface area contributed by atoms with Crippen LogP contribution in [-0.2, 0) is 30.3 Å². The molecule has 0 saturated heterocycles. The SMILES string of the molecule is CNCC(=O)NC(Cc1ccccc1)C(=O)NCC(=O)NCOC(C=O)C1CC1. The summed E-state index contributed by atoms with van der Waals surface area (Å²) >= 11 is 0. The molecule has 2 atom stereocenters. The minimum Gasteiger partial charge on any atom is -0.350 e. The number of aldehydes is 1. The number of nitrogens with one attached hydrogen (secondary N) is 4. The van der Waals surface area contributed by atoms with E-state index in [0.29, 0.717) is 6.42 Å². The van der Waals surface area contributed by atoms with E-state index in [2.05, 4.69) is 21.3 Å². The number of ether oxygens (including phenoxy) is 1. The lowest BCUT2D eigenvalue weighted by Gasteiger charge is -2.19. The van der Waals surface area contributed by atoms with Crippen molar-refractivity contribution < 1.29 is 23.9 Å². The van der Waals surface area contributed by atoms with E-state index in [1.54, 1.807) is 7.05 Å². The molecular weight excluding hydrogens is 376 g/mol. The lowest BCUT2D eigenvalue weighted by atomic mass is 10.1. The smallest absolute Gasteiger partial charge is 0.243 e. The van der Waals surface area contributed by atoms with Gasteiger partial charge < -0.3 is 30.8 Å². The summed E-state index contributed by atoms with van der Waals surface area (Å²) < 4.78 is 5.32. The van der Waals surface area contributed by atoms with Crippen LogP contribution in [0.15, 0.2) is 30.3 Å². The van der Waals surface area contributed by atoms with Gasteiger partial charge >= 0.3 is 0 Å². The molecule has 0 heterocycles. The van der Waals surface area contributed by atoms with Crippen molar-refractivity contribution in [2.24, 2.45) is 5.92 Å². The normalized spacial score (nSPS) is 15.1. The first-order chi connectivity index (χ1) is 14.0. The van der Waals surface area contributed by atoms with Crippen molar-refractivity contribution in [1.82, 2.24) is 21.3 Å². The first kappa shape index (κ1) is 22.5. The van der Waals surface area contributed by atoms with Crippen LogP contribution in [0, 0.1) is 5.92 Å². The molecule has 0 aromatic heterocycles. The average Bonchev–Trinajstić information content (AvgIpc) is 3.55. The minimum absolute atomic E-state index is 0.0787. The van der Waals surface area contributed by atoms with E-state index in [-0.39, 0.29) is 31.6 Å². The molecular formula is C20H28N4O5. The van der Waals surface area contributed by atoms with Gasteiger partial charge in [0, 0.05) is 6.42 Å². The first-order valence-corrected chi connectivity index (χ1v) is 9.62. The summed E-state index contributed by atoms with van der Waals surface area (Å²) in [5.41, 5.74) is 0.884. The van der Waals surface area contributed by atoms with Gasteiger partial charge in [-0.15, -0.1) is 0 Å². The van der Waals surface area contributed by atoms with Crippen LogP contribution in [0.25, 0.3) is 0 Å². The quantitative estimate of drug-likeness (QED) is 0.250. The molecule has 3 amide bonds. The Morgan fingerprint density at radius 3 is 2.45 bits per heavy atom. The van der Waals surface area contributed by atoms with E-state index in [4.69, 9.17) is 4.74 Å². The van der Waals surface area contributed by atoms with Crippen LogP contribution < -0.4 is 21.3 Å². The van der Waals surface area contributed by atoms with E-state index in [9.17, 15) is 19.2 Å². The summed E-state index contributed by atoms with van der Waals surface area (Å²) in [4.78, 5) is 47.2. The Morgan fingerprint density at radius 2 is 1.83 bits per heavy atom. The highest BCUT2D eigenvalue weighted by atomic mass is 16.5. The van der Waals surface area contributed by atoms with Gasteiger partial charge in [-0.3, -0.25) is 14.4 Å². The van der Waals surface area contributed by atoms with Crippen LogP contribution in [0.2, 0.25) is 0 Å². The number of rotatable bonds is 13. The number of hydrogen-bond acceptors (Lipinski definition) is 6. The van der Waals surface area contributed by atoms with Gasteiger partial charge in [0.2, 0.25) is 17.7 Å². The summed E-state index contributed by atoms with van der Waals surface area (Å²) in [5, 5.41) is 10.4. The molecule has 1 fully saturated rings. The number of carbonyl (C=O) groups is 4. The molecule has 158 valence electrons. The van der Waals surface area contributed by atoms with Crippen molar-refractivity contribution in [2.45, 2.75) is 31.4 Å². The second-order valence-electron chi connectivity index (χ2n) is 6.91. The van der Waals surface area contributed by atoms with Crippen molar-refractivity contribution >= 4 is 24.0 Å². The summed E-state index contributed by atoms with van der Waals surface area (Å²) in [5.74, 6) is -0.984. The van der Waals surface area contributed by atoms with Crippen LogP contribution in [0.1, 0.15) is 18.4 Å². The van der Waals surface area contributed by atoms with Crippen molar-refractivity contribution in [3.63, 3.8) is 0 Å². The van der Waals surface area contributed by atoms with Crippen molar-refractivity contribution in [3.05, 3.63) is 35.9 Å². The maximum atomic E-state index is 12.5. The molecule has 2 unspecified atom stereocenters. The Morgan fingerprint density at radius 1 is 1.10 bits per heavy atom. The third-order valence-electron chi connectivity index (χ3n) is 4.46. The topological polar surface area (TPSA) is 126 Å². The highest BCUT2D eigenvalue weighted by Gasteiger charge is 2.31. The molecule has 0 bridgehead atoms. The molecule has 1 aliphatic carbocycles. The second kappa shape index (κ2) is 11.9. The summed E-state index contributed by atoms with van der Waals surface area (Å²) in [6.45, 7) is -0.277. The fourth-order valence-corrected chi connectivity index (χ4v) is 2.75. The zero-order valence-electron chi connectivity index (χ0n) is 16.5. The number of likely N-dealkylation sites (N-methyl/N-ethyl adjacent to an activating group) is 1. The van der Waals surface area contributed by atoms with Crippen LogP contribution in [0.4, 0.5) is 0 Å². The van der Waals surface area contributed by atoms with Gasteiger partial charge in [0.25, 0.3) is 0 Å². The van der Waals surface area contributed by atoms with Crippen molar-refractivity contribution in [1.29, 1.82) is 0 Å². The molecule has 1 aromatic carbocycles. The Hall–Kier alpha value is -2.78. The maximum absolute atomic E-state index is 12.5. The van der Waals surface area contributed by atoms with E-state index in [1.165, 1.54) is 0 Å². The van der Waals surface area contributed by atoms with E-state index in [0.717, 1.165) is 24.7 Å². The van der Waals surface area contributed by atoms with Crippen molar-refractivity contribution in [3.8, 4) is 0 Å². The molecule has 0 spiro atoms. The molecule has 0 radical (unpaired) electrons. The molecule has 4 N–H and O–H groups in total. The van der Waals surface area contributed by atoms with E-state index >= 15 is 0 Å². The van der Waals surface area contributed by atoms with Crippen LogP contribution in [0.3, 0.4) is 0 Å². The number of benzene rings is 1. The molecule has 2 rings (SSSR count). The van der Waals surface area contributed by atoms with Gasteiger partial charge in [-0.25, -0.2) is 0 Å². The van der Waals surface area contributed by atoms with Gasteiger partial charge in [0.05, 0.1) is 13.1 Å². The van der Waals surface area contributed by atoms with E-state index < -0.39 is 24.0 Å². The standard InChI is InChI=1S/C20H28N4O5/c1-21-10-19(27)24-16(9-14-5-3-2-4-6-14)20(28)22-11-18(26)23-13-29-17(12-25)15-7-8-15/h2-6,12,15-17,21H,7-11,13H2,1H3,(H,22,28)(H,23,26)(H,24,27). The van der Waals surface area contributed by atoms with Crippen molar-refractivity contribution in [2.75, 3.05) is 26.9 Å². The highest BCUT2D eigenvalue weighted by Crippen LogP contribution is 2.33. The van der Waals surface area contributed by atoms with Gasteiger partial charge in [0.1, 0.15) is 25.2 Å². The van der Waals surface area contributed by atoms with Crippen LogP contribution >= 0.6 is 0 Å². The molecule has 29 heavy (non-hydrogen) atoms. The summed E-state index contributed by atoms with van der Waals surface area (Å²) in [7, 11) is 1.64. The molecule has 1 aromatic rings. The fourth-order valence-electron chi connectivity index (χ4n) is 2.75. The average molecular weight is 404 g/mol. The third-order valence-corrected chi connectivity index (χ3v) is 4.46. The van der Waals surface area contributed by atoms with Gasteiger partial charge in [-0.1, -0.05) is 30.3 Å². The predicted molar refractivity (Wildman–Crippen MR) is 106 cm³/mol. The largest absolute Gasteiger partial charge is 0.350 e. The number of amides is 3. The van der Waals surface area contributed by atoms with Gasteiger partial charge in [-0.05, 0) is 31.4 Å². The molecule has 9 heteroatoms. The monoisotopic (exact) mass is 404 g/mol. The highest BCUT2D eigenvalue weighted by molar-refractivity contribution is 5.91. The first-order valence-electron chi connectivity index (χ1n) is 9.62. The Labute approximate surface area is 169 Å². The summed E-state index contributed by atoms with van der Waals surface area (Å²) in [6.07, 6.45) is 2.45. The molecule has 0 aliphatic heterocycles. The lowest BCUT2D eigenvalue weighted by Crippen LogP contribution is -2.51. The van der Waals surface area contributed by atoms with Crippen LogP contribution in [0.5, 0.6) is 0 Å². The Bertz CT molecular complexity index is 693. The van der Waals surface area contributed by atoms with Gasteiger partial charge in [-0.2, -0.15) is 0 Å². The third kappa shape index (κ3) is 8.41. The van der Waals surface area contributed by atoms with Crippen LogP contribution in [-0.4, -0.2) is 63.0 Å². The molecule has 1 saturated carbocycles. The number of hydrogen-bond donors (Lipinski definition) is 4. The number of carbonyl (C=O) groups excluding carboxylic acids is 4. The fraction of sp³-hybridized carbons (Fsp3) is 0.500. The molecule has 1 aliphatic rings. The Balaban J connectivity index is 1.79. The predicted octanol–water partition coefficient (Wildman–Crippen LogP) is -0.883. The zero-order valence-corrected chi connectivity index (χ0v) is 16.5. The van der Waals surface area contributed by atoms with E-state index in [1.807, 2.05) is 30.3 Å². The minimum atomic E-state index is -0.809. The molecule has 9 nitrogen and oxygen atoms in total. The Kier molecular flexibility index (Phi) is 9.26. The van der Waals surface area contributed by atoms with Gasteiger partial charge in [0.15, 0.2) is 0 Å². The zero-order chi connectivity index (χ0) is 21.1. The lowest BCUT2D eigenvalue weighted by molar-refractivity contribution is -0.131. The maximum Gasteiger partial charge on any atom is 0.243 e. The second-order valence-corrected chi connectivity index (χ2v) is 6.91. The summed E-state index contributed by atoms with van der Waals surface area (Å²) in [6, 6.07) is 8.47.